The van der Waals surface area contributed by atoms with Crippen molar-refractivity contribution >= 4 is 22.3 Å². The third-order valence-corrected chi connectivity index (χ3v) is 4.64. The van der Waals surface area contributed by atoms with E-state index in [1.165, 1.54) is 25.7 Å². The van der Waals surface area contributed by atoms with Gasteiger partial charge in [-0.1, -0.05) is 26.2 Å². The minimum absolute atomic E-state index is 0.747. The number of nitrogens with two attached hydrogens (primary N) is 1. The van der Waals surface area contributed by atoms with Crippen LogP contribution < -0.4 is 11.1 Å². The Morgan fingerprint density at radius 1 is 1.25 bits per heavy atom. The molecule has 0 spiro atoms. The third kappa shape index (κ3) is 2.58. The van der Waals surface area contributed by atoms with E-state index in [0.29, 0.717) is 0 Å². The minimum Gasteiger partial charge on any atom is -0.397 e. The molecule has 0 bridgehead atoms. The zero-order valence-corrected chi connectivity index (χ0v) is 12.1. The van der Waals surface area contributed by atoms with Crippen molar-refractivity contribution in [2.75, 3.05) is 17.6 Å². The lowest BCUT2D eigenvalue weighted by Gasteiger charge is -2.29. The summed E-state index contributed by atoms with van der Waals surface area (Å²) >= 11 is 0. The van der Waals surface area contributed by atoms with Gasteiger partial charge in [-0.05, 0) is 42.5 Å². The van der Waals surface area contributed by atoms with Gasteiger partial charge < -0.3 is 11.1 Å². The van der Waals surface area contributed by atoms with Crippen molar-refractivity contribution in [3.05, 3.63) is 30.5 Å². The molecule has 3 rings (SSSR count). The summed E-state index contributed by atoms with van der Waals surface area (Å²) in [5.41, 5.74) is 8.79. The number of nitrogen functional groups attached to an aromatic ring is 1. The van der Waals surface area contributed by atoms with Gasteiger partial charge in [0.2, 0.25) is 0 Å². The maximum Gasteiger partial charge on any atom is 0.0951 e. The van der Waals surface area contributed by atoms with Crippen LogP contribution in [0.4, 0.5) is 11.4 Å². The summed E-state index contributed by atoms with van der Waals surface area (Å²) in [7, 11) is 0. The van der Waals surface area contributed by atoms with Gasteiger partial charge in [-0.3, -0.25) is 4.98 Å². The van der Waals surface area contributed by atoms with Crippen molar-refractivity contribution in [3.63, 3.8) is 0 Å². The Labute approximate surface area is 120 Å². The number of nitrogens with one attached hydrogen (secondary N) is 1. The summed E-state index contributed by atoms with van der Waals surface area (Å²) in [4.78, 5) is 4.39. The fraction of sp³-hybridized carbons (Fsp3) is 0.471. The van der Waals surface area contributed by atoms with Gasteiger partial charge in [-0.15, -0.1) is 0 Å². The average molecular weight is 269 g/mol. The smallest absolute Gasteiger partial charge is 0.0951 e. The number of aromatic nitrogens is 1. The van der Waals surface area contributed by atoms with Crippen molar-refractivity contribution in [1.82, 2.24) is 4.98 Å². The molecule has 1 aliphatic carbocycles. The second-order valence-electron chi connectivity index (χ2n) is 6.00. The molecule has 1 aromatic heterocycles. The predicted octanol–water partition coefficient (Wildman–Crippen LogP) is 4.06. The summed E-state index contributed by atoms with van der Waals surface area (Å²) < 4.78 is 0. The maximum atomic E-state index is 6.00. The lowest BCUT2D eigenvalue weighted by atomic mass is 9.80. The van der Waals surface area contributed by atoms with Gasteiger partial charge in [0.1, 0.15) is 0 Å². The van der Waals surface area contributed by atoms with Crippen LogP contribution in [0.1, 0.15) is 32.6 Å². The molecule has 3 N–H and O–H groups in total. The Hall–Kier alpha value is -1.77. The highest BCUT2D eigenvalue weighted by Crippen LogP contribution is 2.31. The highest BCUT2D eigenvalue weighted by Gasteiger charge is 2.21. The van der Waals surface area contributed by atoms with Crippen LogP contribution in [-0.4, -0.2) is 11.5 Å². The number of rotatable bonds is 3. The lowest BCUT2D eigenvalue weighted by Crippen LogP contribution is -2.24. The molecule has 2 aromatic rings. The van der Waals surface area contributed by atoms with E-state index in [1.807, 2.05) is 12.1 Å². The van der Waals surface area contributed by atoms with Crippen LogP contribution in [0.15, 0.2) is 30.5 Å². The molecule has 3 nitrogen and oxygen atoms in total. The Balaban J connectivity index is 1.79. The molecule has 1 saturated carbocycles. The van der Waals surface area contributed by atoms with Gasteiger partial charge in [-0.2, -0.15) is 0 Å². The molecule has 1 aromatic carbocycles. The van der Waals surface area contributed by atoms with Crippen LogP contribution in [0.5, 0.6) is 0 Å². The number of benzene rings is 1. The maximum absolute atomic E-state index is 6.00. The van der Waals surface area contributed by atoms with Gasteiger partial charge in [-0.25, -0.2) is 0 Å². The monoisotopic (exact) mass is 269 g/mol. The number of nitrogens with zero attached hydrogens (tertiary/aromatic N) is 1. The molecular formula is C17H23N3. The van der Waals surface area contributed by atoms with Crippen molar-refractivity contribution in [1.29, 1.82) is 0 Å². The van der Waals surface area contributed by atoms with E-state index in [0.717, 1.165) is 40.7 Å². The molecule has 1 heterocycles. The van der Waals surface area contributed by atoms with Crippen molar-refractivity contribution in [3.8, 4) is 0 Å². The van der Waals surface area contributed by atoms with Gasteiger partial charge >= 0.3 is 0 Å². The quantitative estimate of drug-likeness (QED) is 0.826. The summed E-state index contributed by atoms with van der Waals surface area (Å²) in [6.07, 6.45) is 7.29. The number of anilines is 2. The Kier molecular flexibility index (Phi) is 3.77. The molecule has 20 heavy (non-hydrogen) atoms. The molecule has 0 aliphatic heterocycles. The Morgan fingerprint density at radius 2 is 2.10 bits per heavy atom. The van der Waals surface area contributed by atoms with E-state index in [9.17, 15) is 0 Å². The summed E-state index contributed by atoms with van der Waals surface area (Å²) in [5.74, 6) is 1.61. The largest absolute Gasteiger partial charge is 0.397 e. The first-order valence-electron chi connectivity index (χ1n) is 7.63. The SMILES string of the molecule is CC1CCCCC1CNc1ccc(N)c2ncccc12. The number of hydrogen-bond acceptors (Lipinski definition) is 3. The molecule has 1 fully saturated rings. The fourth-order valence-corrected chi connectivity index (χ4v) is 3.29. The van der Waals surface area contributed by atoms with E-state index < -0.39 is 0 Å². The van der Waals surface area contributed by atoms with Gasteiger partial charge in [0.25, 0.3) is 0 Å². The Morgan fingerprint density at radius 3 is 2.95 bits per heavy atom. The van der Waals surface area contributed by atoms with Crippen LogP contribution in [0, 0.1) is 11.8 Å². The number of pyridine rings is 1. The van der Waals surface area contributed by atoms with Crippen molar-refractivity contribution in [2.24, 2.45) is 11.8 Å². The molecule has 0 amide bonds. The van der Waals surface area contributed by atoms with Crippen LogP contribution >= 0.6 is 0 Å². The molecule has 1 aliphatic rings. The standard InChI is InChI=1S/C17H23N3/c1-12-5-2-3-6-13(12)11-20-16-9-8-15(18)17-14(16)7-4-10-19-17/h4,7-10,12-13,20H,2-3,5-6,11,18H2,1H3. The van der Waals surface area contributed by atoms with E-state index in [2.05, 4.69) is 29.4 Å². The first-order chi connectivity index (χ1) is 9.75. The minimum atomic E-state index is 0.747. The van der Waals surface area contributed by atoms with E-state index in [1.54, 1.807) is 6.20 Å². The van der Waals surface area contributed by atoms with Gasteiger partial charge in [0, 0.05) is 23.8 Å². The summed E-state index contributed by atoms with van der Waals surface area (Å²) in [5, 5.41) is 4.74. The van der Waals surface area contributed by atoms with Crippen LogP contribution in [-0.2, 0) is 0 Å². The summed E-state index contributed by atoms with van der Waals surface area (Å²) in [6, 6.07) is 8.08. The number of hydrogen-bond donors (Lipinski definition) is 2. The molecule has 3 heteroatoms. The highest BCUT2D eigenvalue weighted by atomic mass is 14.9. The van der Waals surface area contributed by atoms with Crippen molar-refractivity contribution < 1.29 is 0 Å². The molecule has 0 saturated heterocycles. The van der Waals surface area contributed by atoms with Gasteiger partial charge in [0.15, 0.2) is 0 Å². The van der Waals surface area contributed by atoms with Crippen LogP contribution in [0.2, 0.25) is 0 Å². The molecule has 2 atom stereocenters. The van der Waals surface area contributed by atoms with E-state index in [-0.39, 0.29) is 0 Å². The van der Waals surface area contributed by atoms with Crippen LogP contribution in [0.3, 0.4) is 0 Å². The second-order valence-corrected chi connectivity index (χ2v) is 6.00. The third-order valence-electron chi connectivity index (χ3n) is 4.64. The zero-order chi connectivity index (χ0) is 13.9. The van der Waals surface area contributed by atoms with E-state index in [4.69, 9.17) is 5.73 Å². The topological polar surface area (TPSA) is 50.9 Å². The van der Waals surface area contributed by atoms with Crippen LogP contribution in [0.25, 0.3) is 10.9 Å². The molecule has 2 unspecified atom stereocenters. The predicted molar refractivity (Wildman–Crippen MR) is 85.8 cm³/mol. The number of fused-ring (bicyclic) bond motifs is 1. The summed E-state index contributed by atoms with van der Waals surface area (Å²) in [6.45, 7) is 3.43. The fourth-order valence-electron chi connectivity index (χ4n) is 3.29. The lowest BCUT2D eigenvalue weighted by molar-refractivity contribution is 0.269. The highest BCUT2D eigenvalue weighted by molar-refractivity contribution is 5.98. The first-order valence-corrected chi connectivity index (χ1v) is 7.63. The average Bonchev–Trinajstić information content (AvgIpc) is 2.48. The Bertz CT molecular complexity index is 594. The zero-order valence-electron chi connectivity index (χ0n) is 12.1. The molecule has 0 radical (unpaired) electrons. The first kappa shape index (κ1) is 13.2. The second kappa shape index (κ2) is 5.70. The van der Waals surface area contributed by atoms with Crippen molar-refractivity contribution in [2.45, 2.75) is 32.6 Å². The van der Waals surface area contributed by atoms with E-state index >= 15 is 0 Å². The van der Waals surface area contributed by atoms with Gasteiger partial charge in [0.05, 0.1) is 11.2 Å². The molecular weight excluding hydrogens is 246 g/mol. The molecule has 106 valence electrons. The normalized spacial score (nSPS) is 22.9.